The largest absolute Gasteiger partial charge is 0.349 e. The van der Waals surface area contributed by atoms with Crippen molar-refractivity contribution in [2.75, 3.05) is 23.0 Å². The minimum Gasteiger partial charge on any atom is -0.349 e. The molecule has 0 aliphatic rings. The highest BCUT2D eigenvalue weighted by atomic mass is 32.2. The van der Waals surface area contributed by atoms with Gasteiger partial charge in [-0.1, -0.05) is 95.3 Å². The Hall–Kier alpha value is -3.17. The molecule has 4 aromatic carbocycles. The van der Waals surface area contributed by atoms with Crippen LogP contribution in [0.3, 0.4) is 0 Å². The monoisotopic (exact) mass is 856 g/mol. The second-order valence-corrected chi connectivity index (χ2v) is 20.1. The van der Waals surface area contributed by atoms with E-state index in [0.717, 1.165) is 68.3 Å². The lowest BCUT2D eigenvalue weighted by atomic mass is 9.50. The molecule has 59 heavy (non-hydrogen) atoms. The first kappa shape index (κ1) is 45.4. The molecular formula is C49H62B2N4S4. The lowest BCUT2D eigenvalue weighted by molar-refractivity contribution is 0.715. The Morgan fingerprint density at radius 3 is 1.07 bits per heavy atom. The number of nitrogens with one attached hydrogen (secondary N) is 2. The molecule has 0 saturated heterocycles. The summed E-state index contributed by atoms with van der Waals surface area (Å²) in [5.74, 6) is 7.54. The number of imidazole rings is 2. The molecule has 308 valence electrons. The maximum Gasteiger partial charge on any atom is 0.135 e. The van der Waals surface area contributed by atoms with Crippen LogP contribution in [0.2, 0.25) is 12.6 Å². The van der Waals surface area contributed by atoms with Crippen LogP contribution in [-0.2, 0) is 0 Å². The highest BCUT2D eigenvalue weighted by molar-refractivity contribution is 8.00. The Labute approximate surface area is 373 Å². The second kappa shape index (κ2) is 24.9. The van der Waals surface area contributed by atoms with Gasteiger partial charge in [0.25, 0.3) is 0 Å². The van der Waals surface area contributed by atoms with Crippen molar-refractivity contribution in [3.63, 3.8) is 0 Å². The van der Waals surface area contributed by atoms with Crippen LogP contribution in [0.25, 0.3) is 0 Å². The van der Waals surface area contributed by atoms with Crippen LogP contribution in [0.1, 0.15) is 117 Å². The summed E-state index contributed by atoms with van der Waals surface area (Å²) in [6.07, 6.45) is 15.9. The van der Waals surface area contributed by atoms with Gasteiger partial charge in [-0.05, 0) is 119 Å². The van der Waals surface area contributed by atoms with Crippen molar-refractivity contribution in [3.05, 3.63) is 156 Å². The van der Waals surface area contributed by atoms with Gasteiger partial charge in [0.2, 0.25) is 0 Å². The Bertz CT molecular complexity index is 1830. The molecule has 4 nitrogen and oxygen atoms in total. The summed E-state index contributed by atoms with van der Waals surface area (Å²) in [6, 6.07) is 37.4. The van der Waals surface area contributed by atoms with Crippen LogP contribution in [0.4, 0.5) is 0 Å². The Kier molecular flexibility index (Phi) is 19.2. The Morgan fingerprint density at radius 2 is 0.797 bits per heavy atom. The smallest absolute Gasteiger partial charge is 0.135 e. The van der Waals surface area contributed by atoms with E-state index in [2.05, 4.69) is 135 Å². The predicted octanol–water partition coefficient (Wildman–Crippen LogP) is 13.7. The van der Waals surface area contributed by atoms with E-state index in [1.807, 2.05) is 71.8 Å². The molecule has 0 aliphatic heterocycles. The molecule has 0 radical (unpaired) electrons. The van der Waals surface area contributed by atoms with Crippen molar-refractivity contribution in [1.29, 1.82) is 0 Å². The van der Waals surface area contributed by atoms with Gasteiger partial charge in [-0.2, -0.15) is 0 Å². The number of hydrogen-bond donors (Lipinski definition) is 2. The van der Waals surface area contributed by atoms with E-state index in [1.54, 1.807) is 0 Å². The molecule has 2 unspecified atom stereocenters. The fourth-order valence-electron chi connectivity index (χ4n) is 8.17. The third-order valence-electron chi connectivity index (χ3n) is 10.8. The molecule has 0 spiro atoms. The Balaban J connectivity index is 1.27. The molecule has 0 fully saturated rings. The highest BCUT2D eigenvalue weighted by Gasteiger charge is 2.31. The quantitative estimate of drug-likeness (QED) is 0.0322. The van der Waals surface area contributed by atoms with Gasteiger partial charge in [0.15, 0.2) is 0 Å². The van der Waals surface area contributed by atoms with Crippen molar-refractivity contribution in [1.82, 2.24) is 19.9 Å². The first-order chi connectivity index (χ1) is 29.1. The first-order valence-electron chi connectivity index (χ1n) is 22.0. The number of H-pyrrole nitrogens is 2. The van der Waals surface area contributed by atoms with Crippen molar-refractivity contribution in [2.24, 2.45) is 0 Å². The van der Waals surface area contributed by atoms with Crippen LogP contribution >= 0.6 is 47.0 Å². The van der Waals surface area contributed by atoms with Crippen molar-refractivity contribution < 1.29 is 0 Å². The van der Waals surface area contributed by atoms with E-state index in [4.69, 9.17) is 9.97 Å². The minimum atomic E-state index is 0.196. The second-order valence-electron chi connectivity index (χ2n) is 15.4. The molecule has 2 N–H and O–H groups in total. The zero-order chi connectivity index (χ0) is 41.1. The molecule has 6 aromatic rings. The van der Waals surface area contributed by atoms with Crippen LogP contribution < -0.4 is 0 Å². The van der Waals surface area contributed by atoms with Gasteiger partial charge < -0.3 is 9.97 Å². The fourth-order valence-corrected chi connectivity index (χ4v) is 11.5. The molecule has 2 heterocycles. The summed E-state index contributed by atoms with van der Waals surface area (Å²) in [4.78, 5) is 22.5. The number of nitrogens with zero attached hydrogens (tertiary/aromatic N) is 2. The number of thioether (sulfide) groups is 4. The van der Waals surface area contributed by atoms with Gasteiger partial charge in [-0.15, -0.1) is 47.0 Å². The SMILES string of the molecule is CCCSc1cccc(C(c2cccc(SCCC)c2)C(BCCCBC(c2ncc[nH]2)C(c2cccc(SCCC)c2)c2cccc(SCCC)c2)c2ncc[nH]2)c1. The molecule has 0 amide bonds. The molecule has 0 bridgehead atoms. The number of rotatable bonds is 26. The molecule has 0 saturated carbocycles. The Morgan fingerprint density at radius 1 is 0.475 bits per heavy atom. The normalized spacial score (nSPS) is 12.6. The molecule has 10 heteroatoms. The maximum absolute atomic E-state index is 4.95. The van der Waals surface area contributed by atoms with Crippen LogP contribution in [-0.4, -0.2) is 57.5 Å². The van der Waals surface area contributed by atoms with Gasteiger partial charge in [-0.25, -0.2) is 9.97 Å². The first-order valence-corrected chi connectivity index (χ1v) is 26.0. The summed E-state index contributed by atoms with van der Waals surface area (Å²) in [5.41, 5.74) is 5.52. The number of aromatic nitrogens is 4. The topological polar surface area (TPSA) is 57.4 Å². The van der Waals surface area contributed by atoms with Gasteiger partial charge in [0.05, 0.1) is 0 Å². The summed E-state index contributed by atoms with van der Waals surface area (Å²) in [5, 5.41) is 0. The third kappa shape index (κ3) is 13.4. The molecular weight excluding hydrogens is 794 g/mol. The number of hydrogen-bond acceptors (Lipinski definition) is 6. The van der Waals surface area contributed by atoms with E-state index in [-0.39, 0.29) is 23.5 Å². The standard InChI is InChI=1S/C49H62B2N4S4/c1-5-28-56-40-18-9-14-36(32-40)44(37-15-10-19-41(33-37)57-29-6-2)46(48-52-24-25-53-48)50-22-13-23-51-47(49-54-26-27-55-49)45(38-16-11-20-42(34-38)58-30-7-3)39-17-12-21-43(35-39)59-31-8-4/h9-12,14-21,24-27,32-35,44-47,50-51H,5-8,13,22-23,28-31H2,1-4H3,(H,52,53)(H,54,55). The fraction of sp³-hybridized carbons (Fsp3) is 0.388. The zero-order valence-corrected chi connectivity index (χ0v) is 38.8. The van der Waals surface area contributed by atoms with E-state index >= 15 is 0 Å². The third-order valence-corrected chi connectivity index (χ3v) is 15.6. The summed E-state index contributed by atoms with van der Waals surface area (Å²) in [6.45, 7) is 9.05. The number of benzene rings is 4. The lowest BCUT2D eigenvalue weighted by Crippen LogP contribution is -2.22. The van der Waals surface area contributed by atoms with Crippen LogP contribution in [0, 0.1) is 0 Å². The summed E-state index contributed by atoms with van der Waals surface area (Å²) >= 11 is 7.86. The van der Waals surface area contributed by atoms with Gasteiger partial charge in [-0.3, -0.25) is 0 Å². The summed E-state index contributed by atoms with van der Waals surface area (Å²) < 4.78 is 0. The van der Waals surface area contributed by atoms with Gasteiger partial charge >= 0.3 is 0 Å². The van der Waals surface area contributed by atoms with Crippen molar-refractivity contribution >= 4 is 61.6 Å². The minimum absolute atomic E-state index is 0.196. The molecule has 6 rings (SSSR count). The van der Waals surface area contributed by atoms with Crippen LogP contribution in [0.5, 0.6) is 0 Å². The van der Waals surface area contributed by atoms with E-state index in [0.29, 0.717) is 0 Å². The molecule has 2 aromatic heterocycles. The van der Waals surface area contributed by atoms with Crippen molar-refractivity contribution in [2.45, 2.75) is 115 Å². The highest BCUT2D eigenvalue weighted by Crippen LogP contribution is 2.42. The predicted molar refractivity (Wildman–Crippen MR) is 265 cm³/mol. The van der Waals surface area contributed by atoms with Gasteiger partial charge in [0, 0.05) is 67.8 Å². The molecule has 2 atom stereocenters. The molecule has 0 aliphatic carbocycles. The van der Waals surface area contributed by atoms with Crippen molar-refractivity contribution in [3.8, 4) is 0 Å². The van der Waals surface area contributed by atoms with E-state index < -0.39 is 0 Å². The lowest BCUT2D eigenvalue weighted by Gasteiger charge is -2.28. The average molecular weight is 857 g/mol. The van der Waals surface area contributed by atoms with E-state index in [9.17, 15) is 0 Å². The zero-order valence-electron chi connectivity index (χ0n) is 35.6. The number of aromatic amines is 2. The summed E-state index contributed by atoms with van der Waals surface area (Å²) in [7, 11) is 2.11. The average Bonchev–Trinajstić information content (AvgIpc) is 4.02. The van der Waals surface area contributed by atoms with Gasteiger partial charge in [0.1, 0.15) is 26.2 Å². The maximum atomic E-state index is 4.95. The van der Waals surface area contributed by atoms with E-state index in [1.165, 1.54) is 67.5 Å². The van der Waals surface area contributed by atoms with Crippen LogP contribution in [0.15, 0.2) is 141 Å².